The van der Waals surface area contributed by atoms with Crippen LogP contribution in [0.5, 0.6) is 23.8 Å². The Morgan fingerprint density at radius 1 is 0.522 bits per heavy atom. The van der Waals surface area contributed by atoms with Crippen LogP contribution in [0.1, 0.15) is 41.1 Å². The third-order valence-electron chi connectivity index (χ3n) is 6.22. The van der Waals surface area contributed by atoms with Crippen molar-refractivity contribution in [2.24, 2.45) is 0 Å². The number of hydrogen-bond donors (Lipinski definition) is 0. The van der Waals surface area contributed by atoms with Gasteiger partial charge in [-0.1, -0.05) is 30.3 Å². The molecule has 4 rings (SSSR count). The zero-order valence-electron chi connectivity index (χ0n) is 22.8. The molecule has 46 heavy (non-hydrogen) atoms. The average Bonchev–Trinajstić information content (AvgIpc) is 2.91. The van der Waals surface area contributed by atoms with E-state index in [0.29, 0.717) is 5.56 Å². The van der Waals surface area contributed by atoms with E-state index in [2.05, 4.69) is 38.9 Å². The molecule has 2 heterocycles. The predicted molar refractivity (Wildman–Crippen MR) is 130 cm³/mol. The van der Waals surface area contributed by atoms with Crippen molar-refractivity contribution >= 4 is 0 Å². The Bertz CT molecular complexity index is 1300. The van der Waals surface area contributed by atoms with Crippen LogP contribution in [0.3, 0.4) is 0 Å². The SMILES string of the molecule is FC(F)(F)COc1cc(C2CC(c3cc(OCC(F)(F)F)nc(OCC(F)(F)F)n3)C2c2ccccc2)nc(OCC(F)(F)F)n1. The van der Waals surface area contributed by atoms with Crippen LogP contribution in [0.4, 0.5) is 52.7 Å². The highest BCUT2D eigenvalue weighted by atomic mass is 19.4. The Morgan fingerprint density at radius 2 is 0.891 bits per heavy atom. The van der Waals surface area contributed by atoms with E-state index in [-0.39, 0.29) is 17.8 Å². The van der Waals surface area contributed by atoms with Gasteiger partial charge in [0.05, 0.1) is 11.4 Å². The molecule has 0 bridgehead atoms. The first-order valence-corrected chi connectivity index (χ1v) is 12.9. The van der Waals surface area contributed by atoms with Crippen LogP contribution in [-0.4, -0.2) is 71.1 Å². The van der Waals surface area contributed by atoms with Gasteiger partial charge in [-0.2, -0.15) is 72.6 Å². The fourth-order valence-corrected chi connectivity index (χ4v) is 4.50. The molecule has 1 aliphatic rings. The smallest absolute Gasteiger partial charge is 0.422 e. The Hall–Kier alpha value is -4.26. The molecule has 1 aromatic carbocycles. The van der Waals surface area contributed by atoms with E-state index < -0.39 is 92.7 Å². The van der Waals surface area contributed by atoms with Crippen molar-refractivity contribution in [3.05, 3.63) is 59.4 Å². The van der Waals surface area contributed by atoms with Crippen molar-refractivity contribution in [2.45, 2.75) is 48.9 Å². The Balaban J connectivity index is 1.72. The van der Waals surface area contributed by atoms with Gasteiger partial charge in [-0.3, -0.25) is 0 Å². The Morgan fingerprint density at radius 3 is 1.26 bits per heavy atom. The van der Waals surface area contributed by atoms with E-state index in [1.807, 2.05) is 0 Å². The zero-order valence-corrected chi connectivity index (χ0v) is 22.8. The Kier molecular flexibility index (Phi) is 9.95. The molecule has 0 amide bonds. The summed E-state index contributed by atoms with van der Waals surface area (Å²) in [7, 11) is 0. The minimum absolute atomic E-state index is 0.0531. The van der Waals surface area contributed by atoms with E-state index in [1.165, 1.54) is 0 Å². The highest BCUT2D eigenvalue weighted by Crippen LogP contribution is 2.58. The summed E-state index contributed by atoms with van der Waals surface area (Å²) in [6, 6.07) is 8.01. The van der Waals surface area contributed by atoms with Crippen LogP contribution in [0.25, 0.3) is 0 Å². The quantitative estimate of drug-likeness (QED) is 0.199. The molecular weight excluding hydrogens is 660 g/mol. The van der Waals surface area contributed by atoms with Gasteiger partial charge in [0, 0.05) is 29.9 Å². The summed E-state index contributed by atoms with van der Waals surface area (Å²) >= 11 is 0. The van der Waals surface area contributed by atoms with Crippen molar-refractivity contribution in [1.29, 1.82) is 0 Å². The molecule has 8 nitrogen and oxygen atoms in total. The molecule has 1 fully saturated rings. The molecule has 0 spiro atoms. The lowest BCUT2D eigenvalue weighted by Gasteiger charge is -2.44. The van der Waals surface area contributed by atoms with Gasteiger partial charge < -0.3 is 18.9 Å². The van der Waals surface area contributed by atoms with Gasteiger partial charge in [0.1, 0.15) is 0 Å². The second-order valence-corrected chi connectivity index (χ2v) is 9.83. The van der Waals surface area contributed by atoms with Crippen LogP contribution in [-0.2, 0) is 0 Å². The molecule has 3 aromatic rings. The molecule has 2 atom stereocenters. The van der Waals surface area contributed by atoms with Crippen LogP contribution in [0.15, 0.2) is 42.5 Å². The number of benzene rings is 1. The zero-order chi connectivity index (χ0) is 33.9. The summed E-state index contributed by atoms with van der Waals surface area (Å²) in [5, 5.41) is 0. The maximum Gasteiger partial charge on any atom is 0.422 e. The fraction of sp³-hybridized carbons (Fsp3) is 0.462. The molecule has 1 aliphatic carbocycles. The number of ether oxygens (including phenoxy) is 4. The summed E-state index contributed by atoms with van der Waals surface area (Å²) in [5.41, 5.74) is 0.267. The first-order chi connectivity index (χ1) is 21.2. The summed E-state index contributed by atoms with van der Waals surface area (Å²) in [5.74, 6) is -3.93. The normalized spacial score (nSPS) is 18.9. The molecule has 2 aromatic heterocycles. The average molecular weight is 680 g/mol. The number of hydrogen-bond acceptors (Lipinski definition) is 8. The van der Waals surface area contributed by atoms with Crippen molar-refractivity contribution in [3.63, 3.8) is 0 Å². The molecule has 0 aliphatic heterocycles. The molecule has 1 saturated carbocycles. The molecule has 2 unspecified atom stereocenters. The van der Waals surface area contributed by atoms with Crippen LogP contribution >= 0.6 is 0 Å². The van der Waals surface area contributed by atoms with Crippen molar-refractivity contribution < 1.29 is 71.6 Å². The summed E-state index contributed by atoms with van der Waals surface area (Å²) in [6.45, 7) is -7.46. The van der Waals surface area contributed by atoms with Crippen LogP contribution in [0.2, 0.25) is 0 Å². The maximum atomic E-state index is 12.8. The lowest BCUT2D eigenvalue weighted by molar-refractivity contribution is -0.156. The second-order valence-electron chi connectivity index (χ2n) is 9.83. The largest absolute Gasteiger partial charge is 0.468 e. The van der Waals surface area contributed by atoms with Gasteiger partial charge in [0.15, 0.2) is 26.4 Å². The molecule has 252 valence electrons. The Labute approximate surface area is 250 Å². The number of alkyl halides is 12. The van der Waals surface area contributed by atoms with E-state index in [9.17, 15) is 52.7 Å². The third-order valence-corrected chi connectivity index (χ3v) is 6.22. The third kappa shape index (κ3) is 10.4. The van der Waals surface area contributed by atoms with Gasteiger partial charge in [0.2, 0.25) is 11.8 Å². The summed E-state index contributed by atoms with van der Waals surface area (Å²) in [4.78, 5) is 14.8. The lowest BCUT2D eigenvalue weighted by atomic mass is 9.59. The van der Waals surface area contributed by atoms with Gasteiger partial charge in [-0.05, 0) is 12.0 Å². The van der Waals surface area contributed by atoms with E-state index >= 15 is 0 Å². The molecule has 0 radical (unpaired) electrons. The molecule has 0 N–H and O–H groups in total. The van der Waals surface area contributed by atoms with Crippen molar-refractivity contribution in [1.82, 2.24) is 19.9 Å². The number of rotatable bonds is 11. The van der Waals surface area contributed by atoms with Gasteiger partial charge >= 0.3 is 36.7 Å². The van der Waals surface area contributed by atoms with E-state index in [1.54, 1.807) is 30.3 Å². The van der Waals surface area contributed by atoms with Crippen LogP contribution in [0, 0.1) is 0 Å². The molecular formula is C26H20F12N4O4. The van der Waals surface area contributed by atoms with Gasteiger partial charge in [-0.15, -0.1) is 0 Å². The van der Waals surface area contributed by atoms with Crippen molar-refractivity contribution in [3.8, 4) is 23.8 Å². The fourth-order valence-electron chi connectivity index (χ4n) is 4.50. The number of halogens is 12. The first-order valence-electron chi connectivity index (χ1n) is 12.9. The highest BCUT2D eigenvalue weighted by molar-refractivity contribution is 5.39. The minimum atomic E-state index is -4.86. The van der Waals surface area contributed by atoms with Gasteiger partial charge in [0.25, 0.3) is 0 Å². The molecule has 0 saturated heterocycles. The minimum Gasteiger partial charge on any atom is -0.468 e. The standard InChI is InChI=1S/C26H20F12N4O4/c27-23(28,29)9-43-18-7-16(39-21(41-18)45-11-25(33,34)35)14-6-15(20(14)13-4-2-1-3-5-13)17-8-19(44-10-24(30,31)32)42-22(40-17)46-12-26(36,37)38/h1-5,7-8,14-15,20H,6,9-12H2. The van der Waals surface area contributed by atoms with E-state index in [0.717, 1.165) is 12.1 Å². The highest BCUT2D eigenvalue weighted by Gasteiger charge is 2.46. The second kappa shape index (κ2) is 13.2. The van der Waals surface area contributed by atoms with Gasteiger partial charge in [-0.25, -0.2) is 0 Å². The maximum absolute atomic E-state index is 12.8. The monoisotopic (exact) mass is 680 g/mol. The number of aromatic nitrogens is 4. The molecule has 20 heteroatoms. The predicted octanol–water partition coefficient (Wildman–Crippen LogP) is 7.09. The van der Waals surface area contributed by atoms with Crippen molar-refractivity contribution in [2.75, 3.05) is 26.4 Å². The van der Waals surface area contributed by atoms with Crippen LogP contribution < -0.4 is 18.9 Å². The summed E-state index contributed by atoms with van der Waals surface area (Å²) < 4.78 is 172. The number of nitrogens with zero attached hydrogens (tertiary/aromatic N) is 4. The summed E-state index contributed by atoms with van der Waals surface area (Å²) in [6.07, 6.45) is -19.4. The topological polar surface area (TPSA) is 88.5 Å². The first kappa shape index (κ1) is 34.6. The lowest BCUT2D eigenvalue weighted by Crippen LogP contribution is -2.33. The van der Waals surface area contributed by atoms with E-state index in [4.69, 9.17) is 0 Å².